The van der Waals surface area contributed by atoms with Crippen LogP contribution < -0.4 is 0 Å². The standard InChI is InChI=1S/C12H15BrO/c1-14-8-9-5-6-10-3-2-4-12(13)11(10)7-9/h2-4,9H,5-8H2,1H3. The van der Waals surface area contributed by atoms with Gasteiger partial charge < -0.3 is 4.74 Å². The molecule has 0 radical (unpaired) electrons. The van der Waals surface area contributed by atoms with Gasteiger partial charge in [-0.15, -0.1) is 0 Å². The molecule has 2 heteroatoms. The highest BCUT2D eigenvalue weighted by atomic mass is 79.9. The molecule has 0 saturated carbocycles. The van der Waals surface area contributed by atoms with E-state index in [1.54, 1.807) is 7.11 Å². The summed E-state index contributed by atoms with van der Waals surface area (Å²) in [7, 11) is 1.79. The van der Waals surface area contributed by atoms with Gasteiger partial charge in [-0.25, -0.2) is 0 Å². The maximum atomic E-state index is 5.22. The van der Waals surface area contributed by atoms with Gasteiger partial charge in [-0.2, -0.15) is 0 Å². The number of halogens is 1. The molecular weight excluding hydrogens is 240 g/mol. The number of methoxy groups -OCH3 is 1. The first kappa shape index (κ1) is 10.2. The van der Waals surface area contributed by atoms with E-state index in [1.165, 1.54) is 28.4 Å². The number of ether oxygens (including phenoxy) is 1. The third-order valence-electron chi connectivity index (χ3n) is 2.93. The summed E-state index contributed by atoms with van der Waals surface area (Å²) in [5, 5.41) is 0. The lowest BCUT2D eigenvalue weighted by Crippen LogP contribution is -2.18. The number of hydrogen-bond donors (Lipinski definition) is 0. The Bertz CT molecular complexity index is 322. The van der Waals surface area contributed by atoms with Crippen LogP contribution in [0, 0.1) is 5.92 Å². The van der Waals surface area contributed by atoms with Gasteiger partial charge in [-0.1, -0.05) is 28.1 Å². The molecule has 0 aromatic heterocycles. The zero-order valence-electron chi connectivity index (χ0n) is 8.42. The second-order valence-electron chi connectivity index (χ2n) is 3.94. The maximum Gasteiger partial charge on any atom is 0.0493 e. The summed E-state index contributed by atoms with van der Waals surface area (Å²) in [5.41, 5.74) is 2.99. The van der Waals surface area contributed by atoms with Gasteiger partial charge in [0.15, 0.2) is 0 Å². The molecule has 1 aromatic rings. The van der Waals surface area contributed by atoms with Gasteiger partial charge in [0.2, 0.25) is 0 Å². The number of aryl methyl sites for hydroxylation is 1. The zero-order chi connectivity index (χ0) is 9.97. The van der Waals surface area contributed by atoms with Gasteiger partial charge >= 0.3 is 0 Å². The van der Waals surface area contributed by atoms with Crippen molar-refractivity contribution in [1.82, 2.24) is 0 Å². The molecule has 0 amide bonds. The first-order chi connectivity index (χ1) is 6.81. The Morgan fingerprint density at radius 2 is 2.36 bits per heavy atom. The minimum atomic E-state index is 0.700. The van der Waals surface area contributed by atoms with Crippen molar-refractivity contribution in [2.45, 2.75) is 19.3 Å². The van der Waals surface area contributed by atoms with E-state index in [0.29, 0.717) is 5.92 Å². The average molecular weight is 255 g/mol. The fraction of sp³-hybridized carbons (Fsp3) is 0.500. The Morgan fingerprint density at radius 1 is 1.50 bits per heavy atom. The second-order valence-corrected chi connectivity index (χ2v) is 4.80. The Kier molecular flexibility index (Phi) is 3.24. The van der Waals surface area contributed by atoms with E-state index < -0.39 is 0 Å². The van der Waals surface area contributed by atoms with E-state index in [0.717, 1.165) is 13.0 Å². The van der Waals surface area contributed by atoms with Crippen molar-refractivity contribution in [1.29, 1.82) is 0 Å². The van der Waals surface area contributed by atoms with Crippen molar-refractivity contribution in [3.8, 4) is 0 Å². The molecular formula is C12H15BrO. The minimum Gasteiger partial charge on any atom is -0.384 e. The number of rotatable bonds is 2. The molecule has 1 aliphatic carbocycles. The third kappa shape index (κ3) is 2.01. The molecule has 1 aromatic carbocycles. The highest BCUT2D eigenvalue weighted by Crippen LogP contribution is 2.30. The van der Waals surface area contributed by atoms with E-state index in [2.05, 4.69) is 34.1 Å². The number of benzene rings is 1. The Labute approximate surface area is 93.6 Å². The molecule has 1 unspecified atom stereocenters. The lowest BCUT2D eigenvalue weighted by Gasteiger charge is -2.24. The molecule has 1 atom stereocenters. The van der Waals surface area contributed by atoms with Gasteiger partial charge in [0, 0.05) is 18.2 Å². The molecule has 1 aliphatic rings. The van der Waals surface area contributed by atoms with Crippen LogP contribution in [0.15, 0.2) is 22.7 Å². The maximum absolute atomic E-state index is 5.22. The molecule has 0 bridgehead atoms. The van der Waals surface area contributed by atoms with Gasteiger partial charge in [0.05, 0.1) is 0 Å². The summed E-state index contributed by atoms with van der Waals surface area (Å²) in [5.74, 6) is 0.700. The highest BCUT2D eigenvalue weighted by Gasteiger charge is 2.19. The van der Waals surface area contributed by atoms with E-state index in [-0.39, 0.29) is 0 Å². The smallest absolute Gasteiger partial charge is 0.0493 e. The van der Waals surface area contributed by atoms with Crippen molar-refractivity contribution in [2.24, 2.45) is 5.92 Å². The quantitative estimate of drug-likeness (QED) is 0.788. The molecule has 2 rings (SSSR count). The van der Waals surface area contributed by atoms with Crippen LogP contribution in [0.5, 0.6) is 0 Å². The molecule has 1 nitrogen and oxygen atoms in total. The monoisotopic (exact) mass is 254 g/mol. The fourth-order valence-corrected chi connectivity index (χ4v) is 2.76. The molecule has 0 N–H and O–H groups in total. The lowest BCUT2D eigenvalue weighted by molar-refractivity contribution is 0.145. The molecule has 76 valence electrons. The van der Waals surface area contributed by atoms with Crippen LogP contribution in [0.25, 0.3) is 0 Å². The average Bonchev–Trinajstić information content (AvgIpc) is 2.20. The lowest BCUT2D eigenvalue weighted by atomic mass is 9.84. The first-order valence-corrected chi connectivity index (χ1v) is 5.85. The van der Waals surface area contributed by atoms with E-state index >= 15 is 0 Å². The van der Waals surface area contributed by atoms with Crippen LogP contribution in [0.4, 0.5) is 0 Å². The van der Waals surface area contributed by atoms with Crippen LogP contribution >= 0.6 is 15.9 Å². The molecule has 0 saturated heterocycles. The van der Waals surface area contributed by atoms with Crippen LogP contribution in [0.3, 0.4) is 0 Å². The predicted molar refractivity (Wildman–Crippen MR) is 61.5 cm³/mol. The second kappa shape index (κ2) is 4.45. The Hall–Kier alpha value is -0.340. The number of fused-ring (bicyclic) bond motifs is 1. The summed E-state index contributed by atoms with van der Waals surface area (Å²) in [6, 6.07) is 6.50. The van der Waals surface area contributed by atoms with Gasteiger partial charge in [0.1, 0.15) is 0 Å². The Balaban J connectivity index is 2.20. The summed E-state index contributed by atoms with van der Waals surface area (Å²) in [4.78, 5) is 0. The third-order valence-corrected chi connectivity index (χ3v) is 3.68. The predicted octanol–water partition coefficient (Wildman–Crippen LogP) is 3.20. The van der Waals surface area contributed by atoms with Crippen molar-refractivity contribution in [2.75, 3.05) is 13.7 Å². The normalized spacial score (nSPS) is 20.6. The van der Waals surface area contributed by atoms with Gasteiger partial charge in [-0.05, 0) is 42.4 Å². The molecule has 0 fully saturated rings. The summed E-state index contributed by atoms with van der Waals surface area (Å²) >= 11 is 3.62. The van der Waals surface area contributed by atoms with Crippen LogP contribution in [0.2, 0.25) is 0 Å². The molecule has 0 aliphatic heterocycles. The summed E-state index contributed by atoms with van der Waals surface area (Å²) in [6.07, 6.45) is 3.62. The van der Waals surface area contributed by atoms with Crippen molar-refractivity contribution >= 4 is 15.9 Å². The van der Waals surface area contributed by atoms with E-state index in [9.17, 15) is 0 Å². The van der Waals surface area contributed by atoms with Crippen molar-refractivity contribution in [3.05, 3.63) is 33.8 Å². The van der Waals surface area contributed by atoms with Gasteiger partial charge in [0.25, 0.3) is 0 Å². The molecule has 0 heterocycles. The molecule has 14 heavy (non-hydrogen) atoms. The summed E-state index contributed by atoms with van der Waals surface area (Å²) in [6.45, 7) is 0.890. The van der Waals surface area contributed by atoms with Crippen LogP contribution in [-0.2, 0) is 17.6 Å². The SMILES string of the molecule is COCC1CCc2cccc(Br)c2C1. The van der Waals surface area contributed by atoms with Gasteiger partial charge in [-0.3, -0.25) is 0 Å². The summed E-state index contributed by atoms with van der Waals surface area (Å²) < 4.78 is 6.48. The van der Waals surface area contributed by atoms with Crippen LogP contribution in [-0.4, -0.2) is 13.7 Å². The van der Waals surface area contributed by atoms with Crippen molar-refractivity contribution in [3.63, 3.8) is 0 Å². The Morgan fingerprint density at radius 3 is 3.14 bits per heavy atom. The highest BCUT2D eigenvalue weighted by molar-refractivity contribution is 9.10. The number of hydrogen-bond acceptors (Lipinski definition) is 1. The van der Waals surface area contributed by atoms with Crippen molar-refractivity contribution < 1.29 is 4.74 Å². The largest absolute Gasteiger partial charge is 0.384 e. The minimum absolute atomic E-state index is 0.700. The fourth-order valence-electron chi connectivity index (χ4n) is 2.19. The molecule has 0 spiro atoms. The topological polar surface area (TPSA) is 9.23 Å². The zero-order valence-corrected chi connectivity index (χ0v) is 10.0. The van der Waals surface area contributed by atoms with E-state index in [4.69, 9.17) is 4.74 Å². The van der Waals surface area contributed by atoms with Crippen LogP contribution in [0.1, 0.15) is 17.5 Å². The van der Waals surface area contributed by atoms with E-state index in [1.807, 2.05) is 0 Å². The first-order valence-electron chi connectivity index (χ1n) is 5.06.